The van der Waals surface area contributed by atoms with E-state index in [1.807, 2.05) is 28.9 Å². The van der Waals surface area contributed by atoms with E-state index in [2.05, 4.69) is 12.0 Å². The molecule has 19 heavy (non-hydrogen) atoms. The molecule has 2 aromatic rings. The summed E-state index contributed by atoms with van der Waals surface area (Å²) >= 11 is 6.21. The maximum atomic E-state index is 6.34. The lowest BCUT2D eigenvalue weighted by atomic mass is 10.0. The minimum Gasteiger partial charge on any atom is -0.493 e. The third-order valence-electron chi connectivity index (χ3n) is 3.04. The third-order valence-corrected chi connectivity index (χ3v) is 3.38. The van der Waals surface area contributed by atoms with Crippen LogP contribution in [0.2, 0.25) is 5.02 Å². The first-order valence-electron chi connectivity index (χ1n) is 6.28. The lowest BCUT2D eigenvalue weighted by molar-refractivity contribution is 0.404. The molecule has 1 unspecified atom stereocenters. The predicted molar refractivity (Wildman–Crippen MR) is 76.6 cm³/mol. The van der Waals surface area contributed by atoms with Gasteiger partial charge in [0.25, 0.3) is 0 Å². The minimum absolute atomic E-state index is 0.349. The van der Waals surface area contributed by atoms with Gasteiger partial charge in [-0.2, -0.15) is 5.10 Å². The molecule has 1 aromatic heterocycles. The van der Waals surface area contributed by atoms with Gasteiger partial charge in [0.05, 0.1) is 19.3 Å². The van der Waals surface area contributed by atoms with Gasteiger partial charge in [-0.1, -0.05) is 36.7 Å². The summed E-state index contributed by atoms with van der Waals surface area (Å²) in [5.74, 6) is 0.695. The molecule has 1 atom stereocenters. The van der Waals surface area contributed by atoms with Crippen LogP contribution in [0.4, 0.5) is 0 Å². The number of aryl methyl sites for hydroxylation is 1. The Morgan fingerprint density at radius 2 is 2.16 bits per heavy atom. The number of nitrogens with zero attached hydrogens (tertiary/aromatic N) is 2. The van der Waals surface area contributed by atoms with Gasteiger partial charge in [-0.05, 0) is 18.1 Å². The Morgan fingerprint density at radius 3 is 2.79 bits per heavy atom. The Labute approximate surface area is 118 Å². The molecular formula is C14H18ClN3O. The van der Waals surface area contributed by atoms with Crippen LogP contribution in [0.15, 0.2) is 30.5 Å². The normalized spacial score (nSPS) is 12.4. The van der Waals surface area contributed by atoms with Crippen LogP contribution in [-0.4, -0.2) is 16.9 Å². The smallest absolute Gasteiger partial charge is 0.161 e. The van der Waals surface area contributed by atoms with Crippen molar-refractivity contribution in [2.45, 2.75) is 25.9 Å². The highest BCUT2D eigenvalue weighted by Crippen LogP contribution is 2.31. The highest BCUT2D eigenvalue weighted by Gasteiger charge is 2.21. The highest BCUT2D eigenvalue weighted by atomic mass is 35.5. The quantitative estimate of drug-likeness (QED) is 0.915. The Bertz CT molecular complexity index is 553. The molecular weight excluding hydrogens is 262 g/mol. The van der Waals surface area contributed by atoms with E-state index >= 15 is 0 Å². The summed E-state index contributed by atoms with van der Waals surface area (Å²) < 4.78 is 7.23. The molecule has 0 saturated heterocycles. The second-order valence-corrected chi connectivity index (χ2v) is 4.73. The van der Waals surface area contributed by atoms with E-state index in [0.29, 0.717) is 10.8 Å². The van der Waals surface area contributed by atoms with Crippen LogP contribution in [-0.2, 0) is 6.54 Å². The van der Waals surface area contributed by atoms with Crippen LogP contribution >= 0.6 is 11.6 Å². The molecule has 1 heterocycles. The fourth-order valence-electron chi connectivity index (χ4n) is 2.11. The zero-order valence-electron chi connectivity index (χ0n) is 11.1. The largest absolute Gasteiger partial charge is 0.493 e. The van der Waals surface area contributed by atoms with Gasteiger partial charge in [0.2, 0.25) is 0 Å². The number of hydrogen-bond acceptors (Lipinski definition) is 3. The fraction of sp³-hybridized carbons (Fsp3) is 0.357. The molecule has 0 aliphatic heterocycles. The first kappa shape index (κ1) is 13.9. The van der Waals surface area contributed by atoms with Gasteiger partial charge in [-0.15, -0.1) is 0 Å². The lowest BCUT2D eigenvalue weighted by Gasteiger charge is -2.17. The first-order chi connectivity index (χ1) is 9.19. The SMILES string of the molecule is CCCn1ncc(OC)c1C(N)c1ccccc1Cl. The van der Waals surface area contributed by atoms with Gasteiger partial charge in [0, 0.05) is 11.6 Å². The fourth-order valence-corrected chi connectivity index (χ4v) is 2.37. The number of nitrogens with two attached hydrogens (primary N) is 1. The zero-order valence-corrected chi connectivity index (χ0v) is 11.9. The van der Waals surface area contributed by atoms with Crippen molar-refractivity contribution < 1.29 is 4.74 Å². The molecule has 4 nitrogen and oxygen atoms in total. The van der Waals surface area contributed by atoms with Crippen LogP contribution in [0.1, 0.15) is 30.6 Å². The van der Waals surface area contributed by atoms with Gasteiger partial charge in [0.15, 0.2) is 5.75 Å². The molecule has 2 N–H and O–H groups in total. The van der Waals surface area contributed by atoms with Crippen molar-refractivity contribution in [1.29, 1.82) is 0 Å². The molecule has 5 heteroatoms. The molecule has 102 valence electrons. The molecule has 0 saturated carbocycles. The van der Waals surface area contributed by atoms with Crippen LogP contribution in [0.5, 0.6) is 5.75 Å². The van der Waals surface area contributed by atoms with Crippen LogP contribution in [0, 0.1) is 0 Å². The number of methoxy groups -OCH3 is 1. The van der Waals surface area contributed by atoms with Crippen molar-refractivity contribution in [3.63, 3.8) is 0 Å². The van der Waals surface area contributed by atoms with Crippen molar-refractivity contribution in [3.05, 3.63) is 46.7 Å². The molecule has 0 spiro atoms. The number of ether oxygens (including phenoxy) is 1. The zero-order chi connectivity index (χ0) is 13.8. The first-order valence-corrected chi connectivity index (χ1v) is 6.66. The second-order valence-electron chi connectivity index (χ2n) is 4.32. The topological polar surface area (TPSA) is 53.1 Å². The molecule has 0 amide bonds. The van der Waals surface area contributed by atoms with E-state index in [4.69, 9.17) is 22.1 Å². The average molecular weight is 280 g/mol. The van der Waals surface area contributed by atoms with Crippen LogP contribution < -0.4 is 10.5 Å². The maximum absolute atomic E-state index is 6.34. The highest BCUT2D eigenvalue weighted by molar-refractivity contribution is 6.31. The second kappa shape index (κ2) is 6.08. The molecule has 0 aliphatic rings. The summed E-state index contributed by atoms with van der Waals surface area (Å²) in [6.45, 7) is 2.90. The molecule has 1 aromatic carbocycles. The van der Waals surface area contributed by atoms with E-state index in [1.54, 1.807) is 13.3 Å². The van der Waals surface area contributed by atoms with Crippen molar-refractivity contribution in [1.82, 2.24) is 9.78 Å². The summed E-state index contributed by atoms with van der Waals surface area (Å²) in [6, 6.07) is 7.23. The van der Waals surface area contributed by atoms with Crippen LogP contribution in [0.25, 0.3) is 0 Å². The average Bonchev–Trinajstić information content (AvgIpc) is 2.82. The van der Waals surface area contributed by atoms with Crippen LogP contribution in [0.3, 0.4) is 0 Å². The van der Waals surface area contributed by atoms with Crippen molar-refractivity contribution in [3.8, 4) is 5.75 Å². The predicted octanol–water partition coefficient (Wildman–Crippen LogP) is 3.00. The summed E-state index contributed by atoms with van der Waals surface area (Å²) in [5.41, 5.74) is 8.08. The number of aromatic nitrogens is 2. The number of halogens is 1. The molecule has 0 bridgehead atoms. The van der Waals surface area contributed by atoms with E-state index < -0.39 is 0 Å². The van der Waals surface area contributed by atoms with Gasteiger partial charge >= 0.3 is 0 Å². The minimum atomic E-state index is -0.349. The summed E-state index contributed by atoms with van der Waals surface area (Å²) in [7, 11) is 1.62. The van der Waals surface area contributed by atoms with Crippen molar-refractivity contribution >= 4 is 11.6 Å². The summed E-state index contributed by atoms with van der Waals surface area (Å²) in [4.78, 5) is 0. The van der Waals surface area contributed by atoms with E-state index in [-0.39, 0.29) is 6.04 Å². The lowest BCUT2D eigenvalue weighted by Crippen LogP contribution is -2.18. The van der Waals surface area contributed by atoms with Gasteiger partial charge < -0.3 is 10.5 Å². The molecule has 0 aliphatic carbocycles. The van der Waals surface area contributed by atoms with E-state index in [9.17, 15) is 0 Å². The maximum Gasteiger partial charge on any atom is 0.161 e. The van der Waals surface area contributed by atoms with Crippen molar-refractivity contribution in [2.24, 2.45) is 5.73 Å². The van der Waals surface area contributed by atoms with Crippen molar-refractivity contribution in [2.75, 3.05) is 7.11 Å². The molecule has 0 fully saturated rings. The number of rotatable bonds is 5. The monoisotopic (exact) mass is 279 g/mol. The molecule has 0 radical (unpaired) electrons. The van der Waals surface area contributed by atoms with E-state index in [1.165, 1.54) is 0 Å². The third kappa shape index (κ3) is 2.74. The van der Waals surface area contributed by atoms with Gasteiger partial charge in [-0.25, -0.2) is 0 Å². The Balaban J connectivity index is 2.45. The Hall–Kier alpha value is -1.52. The van der Waals surface area contributed by atoms with Gasteiger partial charge in [0.1, 0.15) is 5.69 Å². The Morgan fingerprint density at radius 1 is 1.42 bits per heavy atom. The number of hydrogen-bond donors (Lipinski definition) is 1. The summed E-state index contributed by atoms with van der Waals surface area (Å²) in [5, 5.41) is 4.98. The van der Waals surface area contributed by atoms with Gasteiger partial charge in [-0.3, -0.25) is 4.68 Å². The summed E-state index contributed by atoms with van der Waals surface area (Å²) in [6.07, 6.45) is 2.68. The van der Waals surface area contributed by atoms with E-state index in [0.717, 1.165) is 24.2 Å². The standard InChI is InChI=1S/C14H18ClN3O/c1-3-8-18-14(12(19-2)9-17-18)13(16)10-6-4-5-7-11(10)15/h4-7,9,13H,3,8,16H2,1-2H3. The molecule has 2 rings (SSSR count). The number of benzene rings is 1. The Kier molecular flexibility index (Phi) is 4.45.